The third kappa shape index (κ3) is 8.21. The molecular weight excluding hydrogens is 190 g/mol. The van der Waals surface area contributed by atoms with Crippen LogP contribution in [0, 0.1) is 0 Å². The second kappa shape index (κ2) is 6.34. The van der Waals surface area contributed by atoms with Gasteiger partial charge in [0.1, 0.15) is 0 Å². The Kier molecular flexibility index (Phi) is 6.28. The van der Waals surface area contributed by atoms with E-state index in [-0.39, 0.29) is 6.61 Å². The molecule has 13 heavy (non-hydrogen) atoms. The van der Waals surface area contributed by atoms with Gasteiger partial charge in [-0.05, 0) is 19.5 Å². The molecule has 0 atom stereocenters. The molecule has 0 N–H and O–H groups in total. The van der Waals surface area contributed by atoms with Gasteiger partial charge in [0.05, 0.1) is 12.9 Å². The van der Waals surface area contributed by atoms with Crippen LogP contribution in [0.4, 0.5) is 0 Å². The lowest BCUT2D eigenvalue weighted by molar-refractivity contribution is 0.253. The summed E-state index contributed by atoms with van der Waals surface area (Å²) >= 11 is 0. The molecule has 0 aliphatic heterocycles. The molecule has 0 saturated heterocycles. The average molecular weight is 209 g/mol. The summed E-state index contributed by atoms with van der Waals surface area (Å²) in [5.74, 6) is 0. The number of hydrogen-bond acceptors (Lipinski definition) is 4. The smallest absolute Gasteiger partial charge is 0.264 e. The Morgan fingerprint density at radius 1 is 1.23 bits per heavy atom. The van der Waals surface area contributed by atoms with Crippen molar-refractivity contribution < 1.29 is 12.6 Å². The van der Waals surface area contributed by atoms with Gasteiger partial charge in [-0.2, -0.15) is 8.42 Å². The van der Waals surface area contributed by atoms with Gasteiger partial charge in [0, 0.05) is 6.54 Å². The van der Waals surface area contributed by atoms with Crippen molar-refractivity contribution >= 4 is 10.1 Å². The summed E-state index contributed by atoms with van der Waals surface area (Å²) in [6.07, 6.45) is 1.83. The van der Waals surface area contributed by atoms with Gasteiger partial charge in [-0.1, -0.05) is 13.8 Å². The second-order valence-electron chi connectivity index (χ2n) is 2.91. The van der Waals surface area contributed by atoms with E-state index in [0.29, 0.717) is 0 Å². The summed E-state index contributed by atoms with van der Waals surface area (Å²) in [6.45, 7) is 7.34. The van der Waals surface area contributed by atoms with Crippen molar-refractivity contribution in [2.75, 3.05) is 32.5 Å². The van der Waals surface area contributed by atoms with Crippen LogP contribution < -0.4 is 0 Å². The zero-order valence-electron chi connectivity index (χ0n) is 8.62. The standard InChI is InChI=1S/C8H19NO3S/c1-4-9(5-2)7-6-8-12-13(3,10)11/h4-8H2,1-3H3. The first-order chi connectivity index (χ1) is 5.99. The van der Waals surface area contributed by atoms with E-state index >= 15 is 0 Å². The predicted molar refractivity (Wildman–Crippen MR) is 53.2 cm³/mol. The fourth-order valence-electron chi connectivity index (χ4n) is 1.04. The van der Waals surface area contributed by atoms with Crippen LogP contribution in [0.2, 0.25) is 0 Å². The quantitative estimate of drug-likeness (QED) is 0.457. The van der Waals surface area contributed by atoms with Gasteiger partial charge in [-0.15, -0.1) is 0 Å². The minimum atomic E-state index is -3.25. The number of rotatable bonds is 7. The zero-order chi connectivity index (χ0) is 10.3. The Bertz CT molecular complexity index is 209. The maximum absolute atomic E-state index is 10.6. The molecule has 0 aromatic rings. The lowest BCUT2D eigenvalue weighted by Crippen LogP contribution is -2.25. The zero-order valence-corrected chi connectivity index (χ0v) is 9.43. The lowest BCUT2D eigenvalue weighted by atomic mass is 10.4. The fraction of sp³-hybridized carbons (Fsp3) is 1.00. The van der Waals surface area contributed by atoms with Gasteiger partial charge in [-0.3, -0.25) is 4.18 Å². The summed E-state index contributed by atoms with van der Waals surface area (Å²) in [6, 6.07) is 0. The van der Waals surface area contributed by atoms with Gasteiger partial charge >= 0.3 is 0 Å². The summed E-state index contributed by atoms with van der Waals surface area (Å²) in [7, 11) is -3.25. The molecule has 0 radical (unpaired) electrons. The van der Waals surface area contributed by atoms with Crippen molar-refractivity contribution in [2.45, 2.75) is 20.3 Å². The van der Waals surface area contributed by atoms with Crippen LogP contribution in [0.15, 0.2) is 0 Å². The molecule has 0 spiro atoms. The Balaban J connectivity index is 3.45. The first-order valence-corrected chi connectivity index (χ1v) is 6.38. The number of hydrogen-bond donors (Lipinski definition) is 0. The molecule has 4 nitrogen and oxygen atoms in total. The average Bonchev–Trinajstić information content (AvgIpc) is 2.03. The van der Waals surface area contributed by atoms with Crippen LogP contribution in [0.3, 0.4) is 0 Å². The molecule has 0 aromatic heterocycles. The maximum atomic E-state index is 10.6. The van der Waals surface area contributed by atoms with Crippen molar-refractivity contribution in [3.05, 3.63) is 0 Å². The summed E-state index contributed by atoms with van der Waals surface area (Å²) in [5.41, 5.74) is 0. The highest BCUT2D eigenvalue weighted by Crippen LogP contribution is 1.93. The van der Waals surface area contributed by atoms with E-state index in [0.717, 1.165) is 32.3 Å². The first kappa shape index (κ1) is 12.9. The molecule has 0 bridgehead atoms. The molecule has 0 rings (SSSR count). The van der Waals surface area contributed by atoms with Crippen molar-refractivity contribution in [3.63, 3.8) is 0 Å². The van der Waals surface area contributed by atoms with Crippen molar-refractivity contribution in [3.8, 4) is 0 Å². The summed E-state index contributed by atoms with van der Waals surface area (Å²) < 4.78 is 25.8. The minimum Gasteiger partial charge on any atom is -0.304 e. The molecule has 80 valence electrons. The van der Waals surface area contributed by atoms with E-state index in [1.807, 2.05) is 0 Å². The maximum Gasteiger partial charge on any atom is 0.264 e. The highest BCUT2D eigenvalue weighted by atomic mass is 32.2. The van der Waals surface area contributed by atoms with Crippen LogP contribution in [-0.4, -0.2) is 45.8 Å². The molecule has 0 amide bonds. The lowest BCUT2D eigenvalue weighted by Gasteiger charge is -2.17. The SMILES string of the molecule is CCN(CC)CCCOS(C)(=O)=O. The second-order valence-corrected chi connectivity index (χ2v) is 4.55. The van der Waals surface area contributed by atoms with Gasteiger partial charge < -0.3 is 4.90 Å². The van der Waals surface area contributed by atoms with Crippen LogP contribution in [-0.2, 0) is 14.3 Å². The fourth-order valence-corrected chi connectivity index (χ4v) is 1.46. The van der Waals surface area contributed by atoms with E-state index in [1.165, 1.54) is 0 Å². The van der Waals surface area contributed by atoms with E-state index in [2.05, 4.69) is 22.9 Å². The van der Waals surface area contributed by atoms with E-state index in [4.69, 9.17) is 0 Å². The molecule has 5 heteroatoms. The third-order valence-electron chi connectivity index (χ3n) is 1.81. The van der Waals surface area contributed by atoms with Crippen molar-refractivity contribution in [1.29, 1.82) is 0 Å². The van der Waals surface area contributed by atoms with Crippen LogP contribution >= 0.6 is 0 Å². The van der Waals surface area contributed by atoms with E-state index in [9.17, 15) is 8.42 Å². The topological polar surface area (TPSA) is 46.6 Å². The molecular formula is C8H19NO3S. The molecule has 0 aromatic carbocycles. The van der Waals surface area contributed by atoms with Crippen molar-refractivity contribution in [2.24, 2.45) is 0 Å². The first-order valence-electron chi connectivity index (χ1n) is 4.56. The third-order valence-corrected chi connectivity index (χ3v) is 2.41. The van der Waals surface area contributed by atoms with Gasteiger partial charge in [-0.25, -0.2) is 0 Å². The molecule has 0 heterocycles. The highest BCUT2D eigenvalue weighted by molar-refractivity contribution is 7.85. The predicted octanol–water partition coefficient (Wildman–Crippen LogP) is 0.694. The number of nitrogens with zero attached hydrogens (tertiary/aromatic N) is 1. The highest BCUT2D eigenvalue weighted by Gasteiger charge is 2.02. The Morgan fingerprint density at radius 3 is 2.15 bits per heavy atom. The van der Waals surface area contributed by atoms with Crippen molar-refractivity contribution in [1.82, 2.24) is 4.90 Å². The summed E-state index contributed by atoms with van der Waals surface area (Å²) in [4.78, 5) is 2.23. The largest absolute Gasteiger partial charge is 0.304 e. The van der Waals surface area contributed by atoms with Gasteiger partial charge in [0.25, 0.3) is 10.1 Å². The monoisotopic (exact) mass is 209 g/mol. The molecule has 0 saturated carbocycles. The van der Waals surface area contributed by atoms with E-state index in [1.54, 1.807) is 0 Å². The van der Waals surface area contributed by atoms with Crippen LogP contribution in [0.5, 0.6) is 0 Å². The molecule has 0 aliphatic carbocycles. The molecule has 0 unspecified atom stereocenters. The summed E-state index contributed by atoms with van der Waals surface area (Å²) in [5, 5.41) is 0. The van der Waals surface area contributed by atoms with Crippen LogP contribution in [0.1, 0.15) is 20.3 Å². The molecule has 0 aliphatic rings. The van der Waals surface area contributed by atoms with Crippen LogP contribution in [0.25, 0.3) is 0 Å². The van der Waals surface area contributed by atoms with Gasteiger partial charge in [0.2, 0.25) is 0 Å². The Labute approximate surface area is 81.0 Å². The normalized spacial score (nSPS) is 12.3. The van der Waals surface area contributed by atoms with Gasteiger partial charge in [0.15, 0.2) is 0 Å². The Hall–Kier alpha value is -0.130. The van der Waals surface area contributed by atoms with E-state index < -0.39 is 10.1 Å². The minimum absolute atomic E-state index is 0.287. The molecule has 0 fully saturated rings. The Morgan fingerprint density at radius 2 is 1.77 bits per heavy atom.